The van der Waals surface area contributed by atoms with Crippen molar-refractivity contribution in [3.8, 4) is 10.6 Å². The maximum atomic E-state index is 12.6. The van der Waals surface area contributed by atoms with Crippen molar-refractivity contribution in [2.45, 2.75) is 47.1 Å². The second kappa shape index (κ2) is 7.99. The van der Waals surface area contributed by atoms with E-state index in [0.29, 0.717) is 38.8 Å². The smallest absolute Gasteiger partial charge is 0.326 e. The van der Waals surface area contributed by atoms with Crippen molar-refractivity contribution in [3.63, 3.8) is 0 Å². The number of amides is 1. The summed E-state index contributed by atoms with van der Waals surface area (Å²) in [5, 5.41) is 16.5. The molecule has 0 saturated carbocycles. The number of hydrogen-bond acceptors (Lipinski definition) is 6. The summed E-state index contributed by atoms with van der Waals surface area (Å²) in [7, 11) is 1.57. The van der Waals surface area contributed by atoms with Crippen LogP contribution >= 0.6 is 11.3 Å². The Morgan fingerprint density at radius 1 is 1.22 bits per heavy atom. The van der Waals surface area contributed by atoms with Crippen molar-refractivity contribution >= 4 is 23.2 Å². The van der Waals surface area contributed by atoms with Crippen LogP contribution in [-0.2, 0) is 11.8 Å². The zero-order valence-corrected chi connectivity index (χ0v) is 17.1. The lowest BCUT2D eigenvalue weighted by Gasteiger charge is -2.15. The Morgan fingerprint density at radius 2 is 1.85 bits per heavy atom. The second-order valence-electron chi connectivity index (χ2n) is 6.94. The standard InChI is InChI=1S/C18H24N4O4S/c1-8(2)7-12(18(25)26)20-15(23)14-11(5)19-16(27-14)13-9(3)10(4)21-22(6)17(13)24/h8,12H,7H2,1-6H3,(H,20,23)(H,25,26). The van der Waals surface area contributed by atoms with Crippen molar-refractivity contribution in [3.05, 3.63) is 32.2 Å². The summed E-state index contributed by atoms with van der Waals surface area (Å²) >= 11 is 1.08. The molecule has 0 bridgehead atoms. The lowest BCUT2D eigenvalue weighted by molar-refractivity contribution is -0.139. The number of aryl methyl sites for hydroxylation is 3. The van der Waals surface area contributed by atoms with Crippen LogP contribution in [0.3, 0.4) is 0 Å². The Hall–Kier alpha value is -2.55. The lowest BCUT2D eigenvalue weighted by atomic mass is 10.0. The summed E-state index contributed by atoms with van der Waals surface area (Å²) < 4.78 is 1.25. The molecule has 9 heteroatoms. The molecule has 0 aliphatic carbocycles. The van der Waals surface area contributed by atoms with E-state index >= 15 is 0 Å². The fourth-order valence-corrected chi connectivity index (χ4v) is 3.79. The van der Waals surface area contributed by atoms with E-state index in [-0.39, 0.29) is 11.5 Å². The average Bonchev–Trinajstić information content (AvgIpc) is 2.93. The van der Waals surface area contributed by atoms with E-state index in [1.54, 1.807) is 27.8 Å². The van der Waals surface area contributed by atoms with Gasteiger partial charge in [-0.05, 0) is 38.7 Å². The third-order valence-corrected chi connectivity index (χ3v) is 5.43. The summed E-state index contributed by atoms with van der Waals surface area (Å²) in [6.07, 6.45) is 0.328. The number of aliphatic carboxylic acids is 1. The van der Waals surface area contributed by atoms with Crippen LogP contribution in [0.4, 0.5) is 0 Å². The molecule has 2 N–H and O–H groups in total. The molecule has 0 saturated heterocycles. The van der Waals surface area contributed by atoms with Gasteiger partial charge in [-0.3, -0.25) is 9.59 Å². The van der Waals surface area contributed by atoms with Gasteiger partial charge in [-0.25, -0.2) is 14.5 Å². The Labute approximate surface area is 161 Å². The van der Waals surface area contributed by atoms with E-state index in [9.17, 15) is 19.5 Å². The first-order valence-electron chi connectivity index (χ1n) is 8.58. The number of carboxylic acid groups (broad SMARTS) is 1. The minimum atomic E-state index is -1.08. The van der Waals surface area contributed by atoms with Gasteiger partial charge in [0.25, 0.3) is 11.5 Å². The molecule has 27 heavy (non-hydrogen) atoms. The van der Waals surface area contributed by atoms with Gasteiger partial charge in [-0.2, -0.15) is 5.10 Å². The molecule has 0 radical (unpaired) electrons. The van der Waals surface area contributed by atoms with E-state index in [2.05, 4.69) is 15.4 Å². The zero-order chi connectivity index (χ0) is 20.5. The molecule has 1 unspecified atom stereocenters. The maximum Gasteiger partial charge on any atom is 0.326 e. The topological polar surface area (TPSA) is 114 Å². The molecule has 0 aliphatic heterocycles. The molecule has 0 aliphatic rings. The van der Waals surface area contributed by atoms with Gasteiger partial charge >= 0.3 is 5.97 Å². The SMILES string of the molecule is Cc1nc(-c2c(C)c(C)nn(C)c2=O)sc1C(=O)NC(CC(C)C)C(=O)O. The van der Waals surface area contributed by atoms with Crippen LogP contribution in [0.25, 0.3) is 10.6 Å². The molecule has 2 rings (SSSR count). The van der Waals surface area contributed by atoms with Crippen LogP contribution in [0.5, 0.6) is 0 Å². The summed E-state index contributed by atoms with van der Waals surface area (Å²) in [6, 6.07) is -0.972. The predicted molar refractivity (Wildman–Crippen MR) is 103 cm³/mol. The molecule has 146 valence electrons. The fraction of sp³-hybridized carbons (Fsp3) is 0.500. The van der Waals surface area contributed by atoms with Gasteiger partial charge in [0.15, 0.2) is 0 Å². The minimum absolute atomic E-state index is 0.120. The van der Waals surface area contributed by atoms with Crippen LogP contribution in [0.1, 0.15) is 46.9 Å². The van der Waals surface area contributed by atoms with Gasteiger partial charge in [-0.1, -0.05) is 13.8 Å². The Kier molecular flexibility index (Phi) is 6.15. The predicted octanol–water partition coefficient (Wildman–Crippen LogP) is 2.06. The third kappa shape index (κ3) is 4.41. The number of nitrogens with zero attached hydrogens (tertiary/aromatic N) is 3. The summed E-state index contributed by atoms with van der Waals surface area (Å²) in [4.78, 5) is 41.2. The largest absolute Gasteiger partial charge is 0.480 e. The van der Waals surface area contributed by atoms with Gasteiger partial charge in [0.1, 0.15) is 15.9 Å². The van der Waals surface area contributed by atoms with Crippen molar-refractivity contribution in [2.24, 2.45) is 13.0 Å². The second-order valence-corrected chi connectivity index (χ2v) is 7.94. The van der Waals surface area contributed by atoms with Gasteiger partial charge in [-0.15, -0.1) is 11.3 Å². The van der Waals surface area contributed by atoms with Crippen LogP contribution in [0.15, 0.2) is 4.79 Å². The number of hydrogen-bond donors (Lipinski definition) is 2. The summed E-state index contributed by atoms with van der Waals surface area (Å²) in [5.74, 6) is -1.45. The molecule has 0 fully saturated rings. The molecule has 0 aromatic carbocycles. The number of thiazole rings is 1. The van der Waals surface area contributed by atoms with E-state index in [1.165, 1.54) is 4.68 Å². The van der Waals surface area contributed by atoms with Crippen LogP contribution in [0, 0.1) is 26.7 Å². The number of carboxylic acids is 1. The Bertz CT molecular complexity index is 946. The quantitative estimate of drug-likeness (QED) is 0.778. The van der Waals surface area contributed by atoms with Crippen molar-refractivity contribution in [1.29, 1.82) is 0 Å². The van der Waals surface area contributed by atoms with Crippen LogP contribution < -0.4 is 10.9 Å². The van der Waals surface area contributed by atoms with E-state index < -0.39 is 17.9 Å². The highest BCUT2D eigenvalue weighted by Gasteiger charge is 2.25. The van der Waals surface area contributed by atoms with Crippen molar-refractivity contribution in [1.82, 2.24) is 20.1 Å². The van der Waals surface area contributed by atoms with Gasteiger partial charge in [0.05, 0.1) is 17.0 Å². The molecule has 2 heterocycles. The number of nitrogens with one attached hydrogen (secondary N) is 1. The monoisotopic (exact) mass is 392 g/mol. The highest BCUT2D eigenvalue weighted by molar-refractivity contribution is 7.17. The maximum absolute atomic E-state index is 12.6. The van der Waals surface area contributed by atoms with Gasteiger partial charge in [0, 0.05) is 7.05 Å². The molecule has 2 aromatic heterocycles. The van der Waals surface area contributed by atoms with Gasteiger partial charge < -0.3 is 10.4 Å². The third-order valence-electron chi connectivity index (χ3n) is 4.25. The van der Waals surface area contributed by atoms with Crippen molar-refractivity contribution in [2.75, 3.05) is 0 Å². The first-order chi connectivity index (χ1) is 12.5. The first-order valence-corrected chi connectivity index (χ1v) is 9.40. The van der Waals surface area contributed by atoms with Gasteiger partial charge in [0.2, 0.25) is 0 Å². The number of rotatable bonds is 6. The highest BCUT2D eigenvalue weighted by Crippen LogP contribution is 2.28. The molecule has 1 amide bonds. The number of aromatic nitrogens is 3. The molecular formula is C18H24N4O4S. The summed E-state index contributed by atoms with van der Waals surface area (Å²) in [5.41, 5.74) is 1.99. The normalized spacial score (nSPS) is 12.3. The lowest BCUT2D eigenvalue weighted by Crippen LogP contribution is -2.41. The van der Waals surface area contributed by atoms with E-state index in [4.69, 9.17) is 0 Å². The molecule has 8 nitrogen and oxygen atoms in total. The molecule has 0 spiro atoms. The first kappa shape index (κ1) is 20.8. The van der Waals surface area contributed by atoms with Crippen LogP contribution in [0.2, 0.25) is 0 Å². The fourth-order valence-electron chi connectivity index (χ4n) is 2.73. The van der Waals surface area contributed by atoms with Crippen LogP contribution in [-0.4, -0.2) is 37.8 Å². The molecular weight excluding hydrogens is 368 g/mol. The molecule has 2 aromatic rings. The summed E-state index contributed by atoms with van der Waals surface area (Å²) in [6.45, 7) is 9.04. The number of carbonyl (C=O) groups excluding carboxylic acids is 1. The average molecular weight is 392 g/mol. The number of carbonyl (C=O) groups is 2. The zero-order valence-electron chi connectivity index (χ0n) is 16.3. The Balaban J connectivity index is 2.41. The highest BCUT2D eigenvalue weighted by atomic mass is 32.1. The Morgan fingerprint density at radius 3 is 2.41 bits per heavy atom. The minimum Gasteiger partial charge on any atom is -0.480 e. The van der Waals surface area contributed by atoms with E-state index in [1.807, 2.05) is 13.8 Å². The molecule has 1 atom stereocenters. The van der Waals surface area contributed by atoms with E-state index in [0.717, 1.165) is 11.3 Å². The van der Waals surface area contributed by atoms with Crippen molar-refractivity contribution < 1.29 is 14.7 Å².